The molecule has 0 atom stereocenters. The average molecular weight is 453 g/mol. The predicted molar refractivity (Wildman–Crippen MR) is 127 cm³/mol. The number of carbonyl (C=O) groups is 1. The van der Waals surface area contributed by atoms with Gasteiger partial charge in [0, 0.05) is 32.2 Å². The molecule has 3 aromatic rings. The highest BCUT2D eigenvalue weighted by atomic mass is 32.1. The zero-order valence-electron chi connectivity index (χ0n) is 18.1. The van der Waals surface area contributed by atoms with E-state index in [0.29, 0.717) is 28.4 Å². The van der Waals surface area contributed by atoms with E-state index in [-0.39, 0.29) is 11.5 Å². The average Bonchev–Trinajstić information content (AvgIpc) is 3.29. The summed E-state index contributed by atoms with van der Waals surface area (Å²) in [5.74, 6) is 0.135. The Balaban J connectivity index is 1.23. The minimum Gasteiger partial charge on any atom is -0.340 e. The van der Waals surface area contributed by atoms with Crippen molar-refractivity contribution < 1.29 is 4.79 Å². The fraction of sp³-hybridized carbons (Fsp3) is 0.458. The van der Waals surface area contributed by atoms with Crippen LogP contribution in [0.4, 0.5) is 0 Å². The standard InChI is InChI=1S/C24H28N4O3S/c29-21(27-13-11-26(12-14-27)18-4-2-1-3-5-18)16-17-6-8-19(9-7-17)28-23(30)22-20(10-15-32-22)25-24(28)31/h6-10,15,18H,1-5,11-14,16H2,(H,25,31). The van der Waals surface area contributed by atoms with Crippen LogP contribution in [0.25, 0.3) is 15.9 Å². The van der Waals surface area contributed by atoms with Crippen LogP contribution >= 0.6 is 11.3 Å². The molecule has 3 heterocycles. The lowest BCUT2D eigenvalue weighted by Crippen LogP contribution is -2.52. The third kappa shape index (κ3) is 4.17. The number of aromatic amines is 1. The maximum atomic E-state index is 12.8. The fourth-order valence-electron chi connectivity index (χ4n) is 5.00. The smallest absolute Gasteiger partial charge is 0.333 e. The molecule has 1 saturated carbocycles. The van der Waals surface area contributed by atoms with Crippen LogP contribution < -0.4 is 11.2 Å². The van der Waals surface area contributed by atoms with E-state index in [1.54, 1.807) is 23.6 Å². The van der Waals surface area contributed by atoms with E-state index in [9.17, 15) is 14.4 Å². The van der Waals surface area contributed by atoms with Gasteiger partial charge in [-0.3, -0.25) is 14.5 Å². The summed E-state index contributed by atoms with van der Waals surface area (Å²) in [6, 6.07) is 9.57. The van der Waals surface area contributed by atoms with Gasteiger partial charge in [0.15, 0.2) is 0 Å². The van der Waals surface area contributed by atoms with Crippen LogP contribution in [0.3, 0.4) is 0 Å². The topological polar surface area (TPSA) is 78.4 Å². The molecule has 5 rings (SSSR count). The number of hydrogen-bond donors (Lipinski definition) is 1. The number of nitrogens with zero attached hydrogens (tertiary/aromatic N) is 3. The van der Waals surface area contributed by atoms with Gasteiger partial charge >= 0.3 is 5.69 Å². The number of piperazine rings is 1. The summed E-state index contributed by atoms with van der Waals surface area (Å²) < 4.78 is 1.67. The number of rotatable bonds is 4. The minimum atomic E-state index is -0.458. The Morgan fingerprint density at radius 1 is 0.969 bits per heavy atom. The molecule has 168 valence electrons. The monoisotopic (exact) mass is 452 g/mol. The highest BCUT2D eigenvalue weighted by Crippen LogP contribution is 2.23. The predicted octanol–water partition coefficient (Wildman–Crippen LogP) is 2.76. The molecular weight excluding hydrogens is 424 g/mol. The molecular formula is C24H28N4O3S. The van der Waals surface area contributed by atoms with Gasteiger partial charge in [-0.2, -0.15) is 0 Å². The number of hydrogen-bond acceptors (Lipinski definition) is 5. The van der Waals surface area contributed by atoms with Crippen LogP contribution in [0.2, 0.25) is 0 Å². The van der Waals surface area contributed by atoms with Crippen LogP contribution in [-0.2, 0) is 11.2 Å². The van der Waals surface area contributed by atoms with Gasteiger partial charge in [0.25, 0.3) is 5.56 Å². The third-order valence-corrected chi connectivity index (χ3v) is 7.72. The molecule has 1 saturated heterocycles. The first-order chi connectivity index (χ1) is 15.6. The van der Waals surface area contributed by atoms with Crippen molar-refractivity contribution in [3.8, 4) is 5.69 Å². The quantitative estimate of drug-likeness (QED) is 0.660. The Hall–Kier alpha value is -2.71. The van der Waals surface area contributed by atoms with Crippen LogP contribution in [-0.4, -0.2) is 57.5 Å². The molecule has 7 nitrogen and oxygen atoms in total. The molecule has 0 spiro atoms. The summed E-state index contributed by atoms with van der Waals surface area (Å²) >= 11 is 1.31. The Morgan fingerprint density at radius 3 is 2.41 bits per heavy atom. The van der Waals surface area contributed by atoms with Crippen LogP contribution in [0.5, 0.6) is 0 Å². The first kappa shape index (κ1) is 21.2. The lowest BCUT2D eigenvalue weighted by Gasteiger charge is -2.40. The Labute approximate surface area is 190 Å². The van der Waals surface area contributed by atoms with Crippen molar-refractivity contribution >= 4 is 27.5 Å². The van der Waals surface area contributed by atoms with E-state index in [1.807, 2.05) is 17.0 Å². The molecule has 1 N–H and O–H groups in total. The number of amides is 1. The van der Waals surface area contributed by atoms with Gasteiger partial charge in [-0.15, -0.1) is 11.3 Å². The van der Waals surface area contributed by atoms with Gasteiger partial charge in [0.1, 0.15) is 4.70 Å². The molecule has 1 amide bonds. The molecule has 2 aliphatic rings. The number of nitrogens with one attached hydrogen (secondary N) is 1. The molecule has 1 aliphatic carbocycles. The molecule has 8 heteroatoms. The molecule has 32 heavy (non-hydrogen) atoms. The van der Waals surface area contributed by atoms with Crippen molar-refractivity contribution in [3.05, 3.63) is 62.1 Å². The minimum absolute atomic E-state index is 0.135. The highest BCUT2D eigenvalue weighted by molar-refractivity contribution is 7.17. The van der Waals surface area contributed by atoms with Gasteiger partial charge in [-0.1, -0.05) is 31.4 Å². The third-order valence-electron chi connectivity index (χ3n) is 6.82. The van der Waals surface area contributed by atoms with E-state index in [4.69, 9.17) is 0 Å². The molecule has 0 radical (unpaired) electrons. The van der Waals surface area contributed by atoms with Gasteiger partial charge in [0.05, 0.1) is 17.6 Å². The van der Waals surface area contributed by atoms with Crippen LogP contribution in [0.1, 0.15) is 37.7 Å². The largest absolute Gasteiger partial charge is 0.340 e. The lowest BCUT2D eigenvalue weighted by molar-refractivity contribution is -0.132. The van der Waals surface area contributed by atoms with Crippen molar-refractivity contribution in [2.45, 2.75) is 44.6 Å². The number of aromatic nitrogens is 2. The van der Waals surface area contributed by atoms with Gasteiger partial charge < -0.3 is 9.88 Å². The van der Waals surface area contributed by atoms with Crippen molar-refractivity contribution in [1.82, 2.24) is 19.4 Å². The van der Waals surface area contributed by atoms with E-state index >= 15 is 0 Å². The Kier molecular flexibility index (Phi) is 5.97. The van der Waals surface area contributed by atoms with Crippen LogP contribution in [0.15, 0.2) is 45.3 Å². The number of benzene rings is 1. The number of H-pyrrole nitrogens is 1. The second-order valence-corrected chi connectivity index (χ2v) is 9.70. The maximum absolute atomic E-state index is 12.8. The van der Waals surface area contributed by atoms with Crippen molar-refractivity contribution in [2.24, 2.45) is 0 Å². The fourth-order valence-corrected chi connectivity index (χ4v) is 5.78. The van der Waals surface area contributed by atoms with Crippen molar-refractivity contribution in [2.75, 3.05) is 26.2 Å². The van der Waals surface area contributed by atoms with E-state index < -0.39 is 5.69 Å². The first-order valence-electron chi connectivity index (χ1n) is 11.4. The first-order valence-corrected chi connectivity index (χ1v) is 12.3. The maximum Gasteiger partial charge on any atom is 0.333 e. The van der Waals surface area contributed by atoms with Gasteiger partial charge in [-0.05, 0) is 42.0 Å². The zero-order chi connectivity index (χ0) is 22.1. The van der Waals surface area contributed by atoms with Gasteiger partial charge in [-0.25, -0.2) is 9.36 Å². The highest BCUT2D eigenvalue weighted by Gasteiger charge is 2.27. The Bertz CT molecular complexity index is 1210. The number of carbonyl (C=O) groups excluding carboxylic acids is 1. The summed E-state index contributed by atoms with van der Waals surface area (Å²) in [6.45, 7) is 3.51. The second kappa shape index (κ2) is 9.03. The van der Waals surface area contributed by atoms with Crippen molar-refractivity contribution in [3.63, 3.8) is 0 Å². The number of thiophene rings is 1. The summed E-state index contributed by atoms with van der Waals surface area (Å²) in [4.78, 5) is 45.2. The summed E-state index contributed by atoms with van der Waals surface area (Å²) in [5.41, 5.74) is 1.17. The second-order valence-electron chi connectivity index (χ2n) is 8.79. The molecule has 0 bridgehead atoms. The molecule has 2 aromatic heterocycles. The number of fused-ring (bicyclic) bond motifs is 1. The SMILES string of the molecule is O=C(Cc1ccc(-n2c(=O)[nH]c3ccsc3c2=O)cc1)N1CCN(C2CCCCC2)CC1. The summed E-state index contributed by atoms with van der Waals surface area (Å²) in [6.07, 6.45) is 6.95. The molecule has 0 unspecified atom stereocenters. The zero-order valence-corrected chi connectivity index (χ0v) is 18.9. The lowest BCUT2D eigenvalue weighted by atomic mass is 9.94. The van der Waals surface area contributed by atoms with E-state index in [1.165, 1.54) is 43.4 Å². The van der Waals surface area contributed by atoms with Crippen LogP contribution in [0, 0.1) is 0 Å². The molecule has 2 fully saturated rings. The normalized spacial score (nSPS) is 18.3. The summed E-state index contributed by atoms with van der Waals surface area (Å²) in [5, 5.41) is 1.79. The molecule has 1 aromatic carbocycles. The summed E-state index contributed by atoms with van der Waals surface area (Å²) in [7, 11) is 0. The molecule has 1 aliphatic heterocycles. The van der Waals surface area contributed by atoms with E-state index in [2.05, 4.69) is 9.88 Å². The van der Waals surface area contributed by atoms with Crippen molar-refractivity contribution in [1.29, 1.82) is 0 Å². The van der Waals surface area contributed by atoms with E-state index in [0.717, 1.165) is 36.3 Å². The van der Waals surface area contributed by atoms with Gasteiger partial charge in [0.2, 0.25) is 5.91 Å². The Morgan fingerprint density at radius 2 is 1.69 bits per heavy atom.